The van der Waals surface area contributed by atoms with Crippen LogP contribution in [0.4, 0.5) is 5.69 Å². The molecule has 1 aliphatic rings. The first kappa shape index (κ1) is 13.2. The minimum atomic E-state index is 0.577. The molecular weight excluding hydrogens is 224 g/mol. The molecule has 2 rings (SSSR count). The number of fused-ring (bicyclic) bond motifs is 1. The van der Waals surface area contributed by atoms with Gasteiger partial charge in [-0.25, -0.2) is 0 Å². The van der Waals surface area contributed by atoms with Crippen LogP contribution < -0.4 is 15.4 Å². The Morgan fingerprint density at radius 2 is 2.17 bits per heavy atom. The average molecular weight is 248 g/mol. The zero-order chi connectivity index (χ0) is 12.8. The van der Waals surface area contributed by atoms with Crippen LogP contribution in [0.1, 0.15) is 38.2 Å². The predicted octanol–water partition coefficient (Wildman–Crippen LogP) is 2.92. The maximum absolute atomic E-state index is 5.73. The molecule has 0 bridgehead atoms. The maximum atomic E-state index is 5.73. The quantitative estimate of drug-likeness (QED) is 0.787. The van der Waals surface area contributed by atoms with Gasteiger partial charge in [-0.15, -0.1) is 0 Å². The molecule has 100 valence electrons. The molecule has 1 heterocycles. The second-order valence-electron chi connectivity index (χ2n) is 4.90. The summed E-state index contributed by atoms with van der Waals surface area (Å²) in [7, 11) is 0. The Morgan fingerprint density at radius 1 is 1.28 bits per heavy atom. The van der Waals surface area contributed by atoms with Crippen LogP contribution >= 0.6 is 0 Å². The molecule has 3 nitrogen and oxygen atoms in total. The molecule has 1 aliphatic heterocycles. The van der Waals surface area contributed by atoms with Crippen molar-refractivity contribution in [3.8, 4) is 5.75 Å². The molecule has 0 amide bonds. The van der Waals surface area contributed by atoms with Gasteiger partial charge < -0.3 is 15.4 Å². The van der Waals surface area contributed by atoms with Crippen molar-refractivity contribution in [1.82, 2.24) is 0 Å². The van der Waals surface area contributed by atoms with Crippen molar-refractivity contribution in [3.05, 3.63) is 23.8 Å². The summed E-state index contributed by atoms with van der Waals surface area (Å²) in [6, 6.07) is 6.33. The van der Waals surface area contributed by atoms with Crippen molar-refractivity contribution < 1.29 is 4.74 Å². The summed E-state index contributed by atoms with van der Waals surface area (Å²) in [6.07, 6.45) is 5.22. The van der Waals surface area contributed by atoms with E-state index in [-0.39, 0.29) is 0 Å². The van der Waals surface area contributed by atoms with Crippen LogP contribution in [0.25, 0.3) is 0 Å². The topological polar surface area (TPSA) is 38.5 Å². The summed E-state index contributed by atoms with van der Waals surface area (Å²) in [4.78, 5) is 2.44. The van der Waals surface area contributed by atoms with E-state index in [1.54, 1.807) is 0 Å². The Hall–Kier alpha value is -1.22. The van der Waals surface area contributed by atoms with E-state index in [0.29, 0.717) is 6.54 Å². The smallest absolute Gasteiger partial charge is 0.143 e. The third-order valence-corrected chi connectivity index (χ3v) is 3.50. The zero-order valence-corrected chi connectivity index (χ0v) is 11.3. The third kappa shape index (κ3) is 3.16. The fourth-order valence-electron chi connectivity index (χ4n) is 2.41. The second kappa shape index (κ2) is 6.64. The van der Waals surface area contributed by atoms with Crippen LogP contribution in [0.15, 0.2) is 18.2 Å². The van der Waals surface area contributed by atoms with Crippen LogP contribution in [0, 0.1) is 0 Å². The lowest BCUT2D eigenvalue weighted by Crippen LogP contribution is -2.33. The number of hydrogen-bond donors (Lipinski definition) is 1. The van der Waals surface area contributed by atoms with Crippen LogP contribution in [-0.2, 0) is 6.54 Å². The first-order valence-electron chi connectivity index (χ1n) is 7.06. The van der Waals surface area contributed by atoms with Gasteiger partial charge in [0.05, 0.1) is 12.2 Å². The first-order valence-corrected chi connectivity index (χ1v) is 7.06. The van der Waals surface area contributed by atoms with E-state index in [1.165, 1.54) is 31.4 Å². The highest BCUT2D eigenvalue weighted by Crippen LogP contribution is 2.32. The van der Waals surface area contributed by atoms with E-state index in [2.05, 4.69) is 30.0 Å². The Balaban J connectivity index is 1.99. The SMILES string of the molecule is CCCCCCN1CCOc2cc(CN)ccc21. The lowest BCUT2D eigenvalue weighted by molar-refractivity contribution is 0.306. The Kier molecular flexibility index (Phi) is 4.88. The molecule has 18 heavy (non-hydrogen) atoms. The maximum Gasteiger partial charge on any atom is 0.143 e. The van der Waals surface area contributed by atoms with Crippen LogP contribution in [0.3, 0.4) is 0 Å². The number of unbranched alkanes of at least 4 members (excludes halogenated alkanes) is 3. The van der Waals surface area contributed by atoms with Crippen molar-refractivity contribution in [2.75, 3.05) is 24.6 Å². The van der Waals surface area contributed by atoms with Crippen molar-refractivity contribution in [2.45, 2.75) is 39.2 Å². The van der Waals surface area contributed by atoms with Gasteiger partial charge in [-0.3, -0.25) is 0 Å². The molecule has 0 aliphatic carbocycles. The molecular formula is C15H24N2O. The predicted molar refractivity (Wildman–Crippen MR) is 76.2 cm³/mol. The van der Waals surface area contributed by atoms with E-state index >= 15 is 0 Å². The molecule has 0 unspecified atom stereocenters. The number of nitrogens with two attached hydrogens (primary N) is 1. The number of ether oxygens (including phenoxy) is 1. The standard InChI is InChI=1S/C15H24N2O/c1-2-3-4-5-8-17-9-10-18-15-11-13(12-16)6-7-14(15)17/h6-7,11H,2-5,8-10,12,16H2,1H3. The van der Waals surface area contributed by atoms with Gasteiger partial charge in [-0.1, -0.05) is 32.3 Å². The molecule has 0 aromatic heterocycles. The van der Waals surface area contributed by atoms with Crippen molar-refractivity contribution in [3.63, 3.8) is 0 Å². The molecule has 0 saturated carbocycles. The van der Waals surface area contributed by atoms with E-state index in [0.717, 1.165) is 31.0 Å². The van der Waals surface area contributed by atoms with Crippen molar-refractivity contribution in [1.29, 1.82) is 0 Å². The molecule has 0 fully saturated rings. The van der Waals surface area contributed by atoms with E-state index in [1.807, 2.05) is 0 Å². The lowest BCUT2D eigenvalue weighted by Gasteiger charge is -2.31. The molecule has 1 aromatic carbocycles. The van der Waals surface area contributed by atoms with Gasteiger partial charge in [0.2, 0.25) is 0 Å². The highest BCUT2D eigenvalue weighted by Gasteiger charge is 2.17. The van der Waals surface area contributed by atoms with Gasteiger partial charge in [0.1, 0.15) is 12.4 Å². The minimum absolute atomic E-state index is 0.577. The molecule has 0 spiro atoms. The Morgan fingerprint density at radius 3 is 2.94 bits per heavy atom. The fourth-order valence-corrected chi connectivity index (χ4v) is 2.41. The number of benzene rings is 1. The van der Waals surface area contributed by atoms with Gasteiger partial charge in [0, 0.05) is 13.1 Å². The normalized spacial score (nSPS) is 14.2. The molecule has 2 N–H and O–H groups in total. The number of nitrogens with zero attached hydrogens (tertiary/aromatic N) is 1. The molecule has 0 atom stereocenters. The number of rotatable bonds is 6. The Labute approximate surface area is 110 Å². The number of hydrogen-bond acceptors (Lipinski definition) is 3. The zero-order valence-electron chi connectivity index (χ0n) is 11.3. The van der Waals surface area contributed by atoms with Gasteiger partial charge in [-0.2, -0.15) is 0 Å². The summed E-state index contributed by atoms with van der Waals surface area (Å²) in [5.74, 6) is 1.000. The molecule has 0 saturated heterocycles. The summed E-state index contributed by atoms with van der Waals surface area (Å²) < 4.78 is 5.73. The van der Waals surface area contributed by atoms with Crippen LogP contribution in [0.5, 0.6) is 5.75 Å². The molecule has 0 radical (unpaired) electrons. The minimum Gasteiger partial charge on any atom is -0.490 e. The molecule has 1 aromatic rings. The summed E-state index contributed by atoms with van der Waals surface area (Å²) in [5, 5.41) is 0. The highest BCUT2D eigenvalue weighted by molar-refractivity contribution is 5.61. The van der Waals surface area contributed by atoms with Crippen molar-refractivity contribution >= 4 is 5.69 Å². The van der Waals surface area contributed by atoms with Gasteiger partial charge in [0.15, 0.2) is 0 Å². The highest BCUT2D eigenvalue weighted by atomic mass is 16.5. The monoisotopic (exact) mass is 248 g/mol. The van der Waals surface area contributed by atoms with Crippen LogP contribution in [0.2, 0.25) is 0 Å². The van der Waals surface area contributed by atoms with Gasteiger partial charge in [0.25, 0.3) is 0 Å². The average Bonchev–Trinajstić information content (AvgIpc) is 2.43. The summed E-state index contributed by atoms with van der Waals surface area (Å²) in [6.45, 7) is 5.75. The molecule has 3 heteroatoms. The fraction of sp³-hybridized carbons (Fsp3) is 0.600. The van der Waals surface area contributed by atoms with Gasteiger partial charge >= 0.3 is 0 Å². The van der Waals surface area contributed by atoms with E-state index < -0.39 is 0 Å². The number of anilines is 1. The van der Waals surface area contributed by atoms with Crippen molar-refractivity contribution in [2.24, 2.45) is 5.73 Å². The van der Waals surface area contributed by atoms with E-state index in [9.17, 15) is 0 Å². The third-order valence-electron chi connectivity index (χ3n) is 3.50. The lowest BCUT2D eigenvalue weighted by atomic mass is 10.1. The largest absolute Gasteiger partial charge is 0.490 e. The van der Waals surface area contributed by atoms with Crippen LogP contribution in [-0.4, -0.2) is 19.7 Å². The second-order valence-corrected chi connectivity index (χ2v) is 4.90. The van der Waals surface area contributed by atoms with E-state index in [4.69, 9.17) is 10.5 Å². The first-order chi connectivity index (χ1) is 8.85. The summed E-state index contributed by atoms with van der Waals surface area (Å²) in [5.41, 5.74) is 8.03. The Bertz CT molecular complexity index is 379. The van der Waals surface area contributed by atoms with Gasteiger partial charge in [-0.05, 0) is 24.1 Å². The summed E-state index contributed by atoms with van der Waals surface area (Å²) >= 11 is 0.